The van der Waals surface area contributed by atoms with E-state index in [0.717, 1.165) is 11.1 Å². The summed E-state index contributed by atoms with van der Waals surface area (Å²) in [7, 11) is 0. The second-order valence-electron chi connectivity index (χ2n) is 9.31. The molecular formula is C30H25N7O2S. The van der Waals surface area contributed by atoms with E-state index in [1.54, 1.807) is 6.21 Å². The minimum Gasteiger partial charge on any atom is -0.383 e. The number of thioether (sulfide) groups is 1. The summed E-state index contributed by atoms with van der Waals surface area (Å²) in [6.45, 7) is 1.84. The molecule has 0 aliphatic carbocycles. The number of fused-ring (bicyclic) bond motifs is 1. The van der Waals surface area contributed by atoms with E-state index in [9.17, 15) is 9.59 Å². The summed E-state index contributed by atoms with van der Waals surface area (Å²) in [4.78, 5) is 33.8. The van der Waals surface area contributed by atoms with Crippen LogP contribution in [0.25, 0.3) is 0 Å². The average molecular weight is 548 g/mol. The molecule has 2 unspecified atom stereocenters. The number of nitrogens with two attached hydrogens (primary N) is 1. The first-order chi connectivity index (χ1) is 19.5. The normalized spacial score (nSPS) is 20.4. The van der Waals surface area contributed by atoms with Crippen molar-refractivity contribution < 1.29 is 9.59 Å². The van der Waals surface area contributed by atoms with Gasteiger partial charge in [-0.25, -0.2) is 10.4 Å². The van der Waals surface area contributed by atoms with Crippen molar-refractivity contribution >= 4 is 46.4 Å². The molecule has 9 nitrogen and oxygen atoms in total. The van der Waals surface area contributed by atoms with Crippen molar-refractivity contribution in [3.63, 3.8) is 0 Å². The quantitative estimate of drug-likeness (QED) is 0.352. The molecule has 0 aromatic heterocycles. The number of hydrogen-bond donors (Lipinski definition) is 2. The number of hydrazone groups is 2. The van der Waals surface area contributed by atoms with Gasteiger partial charge in [-0.15, -0.1) is 0 Å². The molecule has 3 aliphatic rings. The Balaban J connectivity index is 1.35. The van der Waals surface area contributed by atoms with Crippen LogP contribution < -0.4 is 16.2 Å². The van der Waals surface area contributed by atoms with Crippen LogP contribution in [0.15, 0.2) is 129 Å². The fourth-order valence-corrected chi connectivity index (χ4v) is 5.88. The summed E-state index contributed by atoms with van der Waals surface area (Å²) in [6, 6.07) is 27.7. The van der Waals surface area contributed by atoms with Gasteiger partial charge in [0.15, 0.2) is 5.17 Å². The number of benzene rings is 3. The summed E-state index contributed by atoms with van der Waals surface area (Å²) < 4.78 is 0. The first-order valence-electron chi connectivity index (χ1n) is 12.6. The smallest absolute Gasteiger partial charge is 0.273 e. The van der Waals surface area contributed by atoms with Crippen molar-refractivity contribution in [1.82, 2.24) is 10.3 Å². The molecule has 2 amide bonds. The van der Waals surface area contributed by atoms with E-state index in [-0.39, 0.29) is 17.3 Å². The lowest BCUT2D eigenvalue weighted by molar-refractivity contribution is -0.119. The van der Waals surface area contributed by atoms with Crippen LogP contribution in [-0.2, 0) is 9.59 Å². The van der Waals surface area contributed by atoms with Gasteiger partial charge in [0.2, 0.25) is 0 Å². The monoisotopic (exact) mass is 547 g/mol. The van der Waals surface area contributed by atoms with Gasteiger partial charge in [0.05, 0.1) is 29.2 Å². The van der Waals surface area contributed by atoms with Crippen molar-refractivity contribution in [2.75, 3.05) is 5.01 Å². The standard InChI is InChI=1S/C30H25N7O2S/c1-19-24(29(39)37(35-19)22-15-9-4-10-16-22)23-18-40-30-33-27(31)25(26(36(23)30)21-13-7-3-8-14-21)28(38)34-32-17-20-11-5-2-6-12-20/h2-18,24,26H,31H2,1H3,(H,34,38)/b32-17+. The lowest BCUT2D eigenvalue weighted by Crippen LogP contribution is -2.43. The third kappa shape index (κ3) is 4.58. The molecule has 3 N–H and O–H groups in total. The number of carbonyl (C=O) groups is 2. The van der Waals surface area contributed by atoms with Crippen LogP contribution in [0.2, 0.25) is 0 Å². The minimum atomic E-state index is -0.647. The third-order valence-corrected chi connectivity index (χ3v) is 7.62. The van der Waals surface area contributed by atoms with Crippen molar-refractivity contribution in [3.05, 3.63) is 125 Å². The Morgan fingerprint density at radius 1 is 1.00 bits per heavy atom. The summed E-state index contributed by atoms with van der Waals surface area (Å²) in [5.74, 6) is -1.20. The van der Waals surface area contributed by atoms with Crippen LogP contribution in [-0.4, -0.2) is 33.8 Å². The molecule has 3 aliphatic heterocycles. The summed E-state index contributed by atoms with van der Waals surface area (Å²) in [6.07, 6.45) is 1.57. The molecule has 3 aromatic rings. The van der Waals surface area contributed by atoms with Crippen LogP contribution in [0.1, 0.15) is 24.1 Å². The third-order valence-electron chi connectivity index (χ3n) is 6.76. The molecule has 0 saturated heterocycles. The highest BCUT2D eigenvalue weighted by molar-refractivity contribution is 8.16. The van der Waals surface area contributed by atoms with Gasteiger partial charge in [0.1, 0.15) is 11.7 Å². The Kier molecular flexibility index (Phi) is 6.75. The molecule has 0 fully saturated rings. The van der Waals surface area contributed by atoms with Crippen molar-refractivity contribution in [3.8, 4) is 0 Å². The van der Waals surface area contributed by atoms with Crippen molar-refractivity contribution in [1.29, 1.82) is 0 Å². The fraction of sp³-hybridized carbons (Fsp3) is 0.100. The van der Waals surface area contributed by atoms with Crippen LogP contribution >= 0.6 is 11.8 Å². The maximum Gasteiger partial charge on any atom is 0.273 e. The largest absolute Gasteiger partial charge is 0.383 e. The predicted molar refractivity (Wildman–Crippen MR) is 158 cm³/mol. The molecule has 3 aromatic carbocycles. The van der Waals surface area contributed by atoms with E-state index in [0.29, 0.717) is 22.3 Å². The predicted octanol–water partition coefficient (Wildman–Crippen LogP) is 4.35. The van der Waals surface area contributed by atoms with Crippen molar-refractivity contribution in [2.45, 2.75) is 13.0 Å². The number of aliphatic imine (C=N–C) groups is 1. The van der Waals surface area contributed by atoms with E-state index < -0.39 is 17.9 Å². The van der Waals surface area contributed by atoms with Gasteiger partial charge >= 0.3 is 0 Å². The highest BCUT2D eigenvalue weighted by Crippen LogP contribution is 2.46. The van der Waals surface area contributed by atoms with Crippen molar-refractivity contribution in [2.24, 2.45) is 26.8 Å². The minimum absolute atomic E-state index is 0.101. The van der Waals surface area contributed by atoms with Gasteiger partial charge in [-0.05, 0) is 35.6 Å². The van der Waals surface area contributed by atoms with E-state index in [2.05, 4.69) is 20.6 Å². The first kappa shape index (κ1) is 25.3. The number of amidine groups is 1. The van der Waals surface area contributed by atoms with E-state index in [1.165, 1.54) is 16.8 Å². The average Bonchev–Trinajstić information content (AvgIpc) is 3.52. The zero-order valence-electron chi connectivity index (χ0n) is 21.5. The number of amides is 2. The lowest BCUT2D eigenvalue weighted by atomic mass is 9.92. The Morgan fingerprint density at radius 3 is 2.35 bits per heavy atom. The topological polar surface area (TPSA) is 116 Å². The molecule has 0 spiro atoms. The molecule has 0 radical (unpaired) electrons. The van der Waals surface area contributed by atoms with Gasteiger partial charge in [-0.3, -0.25) is 9.59 Å². The number of nitrogens with zero attached hydrogens (tertiary/aromatic N) is 5. The summed E-state index contributed by atoms with van der Waals surface area (Å²) in [5, 5.41) is 12.6. The number of nitrogens with one attached hydrogen (secondary N) is 1. The number of rotatable bonds is 6. The van der Waals surface area contributed by atoms with E-state index in [1.807, 2.05) is 108 Å². The first-order valence-corrected chi connectivity index (χ1v) is 13.5. The molecule has 10 heteroatoms. The Bertz CT molecular complexity index is 1620. The molecule has 0 bridgehead atoms. The number of hydrogen-bond acceptors (Lipinski definition) is 8. The Morgan fingerprint density at radius 2 is 1.65 bits per heavy atom. The van der Waals surface area contributed by atoms with Gasteiger partial charge in [0, 0.05) is 5.70 Å². The van der Waals surface area contributed by atoms with Crippen LogP contribution in [0, 0.1) is 5.92 Å². The molecule has 0 saturated carbocycles. The van der Waals surface area contributed by atoms with Gasteiger partial charge in [0.25, 0.3) is 11.8 Å². The second-order valence-corrected chi connectivity index (χ2v) is 10.1. The van der Waals surface area contributed by atoms with Crippen LogP contribution in [0.4, 0.5) is 5.69 Å². The highest BCUT2D eigenvalue weighted by Gasteiger charge is 2.47. The molecule has 6 rings (SSSR count). The summed E-state index contributed by atoms with van der Waals surface area (Å²) in [5.41, 5.74) is 13.0. The molecule has 198 valence electrons. The number of para-hydroxylation sites is 1. The van der Waals surface area contributed by atoms with E-state index in [4.69, 9.17) is 5.73 Å². The zero-order chi connectivity index (χ0) is 27.6. The maximum atomic E-state index is 13.7. The summed E-state index contributed by atoms with van der Waals surface area (Å²) >= 11 is 1.37. The number of carbonyl (C=O) groups excluding carboxylic acids is 2. The van der Waals surface area contributed by atoms with Gasteiger partial charge in [-0.1, -0.05) is 90.6 Å². The highest BCUT2D eigenvalue weighted by atomic mass is 32.2. The van der Waals surface area contributed by atoms with E-state index >= 15 is 0 Å². The molecule has 2 atom stereocenters. The van der Waals surface area contributed by atoms with Gasteiger partial charge in [-0.2, -0.15) is 15.2 Å². The molecule has 40 heavy (non-hydrogen) atoms. The SMILES string of the molecule is CC1=NN(c2ccccc2)C(=O)C1C1=CSC2=NC(N)=C(C(=O)N/N=C/c3ccccc3)C(c3ccccc3)N12. The molecule has 3 heterocycles. The van der Waals surface area contributed by atoms with Crippen LogP contribution in [0.5, 0.6) is 0 Å². The second kappa shape index (κ2) is 10.7. The lowest BCUT2D eigenvalue weighted by Gasteiger charge is -2.37. The van der Waals surface area contributed by atoms with Crippen LogP contribution in [0.3, 0.4) is 0 Å². The number of anilines is 1. The zero-order valence-corrected chi connectivity index (χ0v) is 22.3. The Labute approximate surface area is 235 Å². The Hall–Kier alpha value is -4.96. The fourth-order valence-electron chi connectivity index (χ4n) is 4.93. The van der Waals surface area contributed by atoms with Gasteiger partial charge < -0.3 is 10.6 Å². The molecular weight excluding hydrogens is 522 g/mol. The maximum absolute atomic E-state index is 13.7.